The number of methoxy groups -OCH3 is 1. The van der Waals surface area contributed by atoms with E-state index in [9.17, 15) is 18.7 Å². The van der Waals surface area contributed by atoms with Gasteiger partial charge >= 0.3 is 0 Å². The zero-order valence-electron chi connectivity index (χ0n) is 18.3. The lowest BCUT2D eigenvalue weighted by molar-refractivity contribution is 0.0744. The molecule has 1 atom stereocenters. The van der Waals surface area contributed by atoms with Gasteiger partial charge in [-0.15, -0.1) is 0 Å². The number of aromatic hydroxyl groups is 1. The minimum Gasteiger partial charge on any atom is -0.507 e. The van der Waals surface area contributed by atoms with Crippen LogP contribution in [0.5, 0.6) is 11.5 Å². The summed E-state index contributed by atoms with van der Waals surface area (Å²) in [6.07, 6.45) is 0.527. The van der Waals surface area contributed by atoms with E-state index in [1.165, 1.54) is 12.1 Å². The summed E-state index contributed by atoms with van der Waals surface area (Å²) in [6, 6.07) is 16.4. The summed E-state index contributed by atoms with van der Waals surface area (Å²) in [5.74, 6) is -0.838. The molecule has 0 bridgehead atoms. The first-order valence-corrected chi connectivity index (χ1v) is 10.7. The van der Waals surface area contributed by atoms with Gasteiger partial charge in [-0.1, -0.05) is 30.3 Å². The number of carbonyl (C=O) groups excluding carboxylic acids is 1. The molecule has 1 aliphatic rings. The molecule has 0 spiro atoms. The van der Waals surface area contributed by atoms with Gasteiger partial charge in [-0.2, -0.15) is 5.10 Å². The molecule has 1 aromatic heterocycles. The Hall–Kier alpha value is -4.20. The molecule has 34 heavy (non-hydrogen) atoms. The third-order valence-electron chi connectivity index (χ3n) is 6.08. The molecule has 172 valence electrons. The fourth-order valence-corrected chi connectivity index (χ4v) is 4.39. The lowest BCUT2D eigenvalue weighted by atomic mass is 9.95. The fraction of sp³-hybridized carbons (Fsp3) is 0.154. The van der Waals surface area contributed by atoms with Crippen molar-refractivity contribution in [2.24, 2.45) is 0 Å². The van der Waals surface area contributed by atoms with Gasteiger partial charge in [-0.3, -0.25) is 9.89 Å². The number of H-pyrrole nitrogens is 1. The summed E-state index contributed by atoms with van der Waals surface area (Å²) >= 11 is 0. The summed E-state index contributed by atoms with van der Waals surface area (Å²) in [5.41, 5.74) is 2.22. The Bertz CT molecular complexity index is 1370. The normalized spacial score (nSPS) is 15.0. The molecule has 8 heteroatoms. The number of hydrogen-bond acceptors (Lipinski definition) is 4. The molecule has 2 heterocycles. The molecule has 0 fully saturated rings. The van der Waals surface area contributed by atoms with Crippen LogP contribution in [0.1, 0.15) is 33.2 Å². The molecule has 2 N–H and O–H groups in total. The highest BCUT2D eigenvalue weighted by Crippen LogP contribution is 2.45. The van der Waals surface area contributed by atoms with Crippen LogP contribution in [0.2, 0.25) is 0 Å². The third kappa shape index (κ3) is 3.67. The Morgan fingerprint density at radius 1 is 1.09 bits per heavy atom. The zero-order valence-corrected chi connectivity index (χ0v) is 18.3. The Labute approximate surface area is 194 Å². The van der Waals surface area contributed by atoms with Crippen LogP contribution in [0.15, 0.2) is 66.7 Å². The summed E-state index contributed by atoms with van der Waals surface area (Å²) in [5, 5.41) is 17.3. The van der Waals surface area contributed by atoms with Gasteiger partial charge < -0.3 is 14.7 Å². The van der Waals surface area contributed by atoms with Gasteiger partial charge in [0, 0.05) is 23.2 Å². The van der Waals surface area contributed by atoms with Gasteiger partial charge in [0.1, 0.15) is 34.5 Å². The van der Waals surface area contributed by atoms with E-state index in [0.717, 1.165) is 23.4 Å². The van der Waals surface area contributed by atoms with Crippen molar-refractivity contribution in [3.63, 3.8) is 0 Å². The molecule has 0 saturated carbocycles. The highest BCUT2D eigenvalue weighted by Gasteiger charge is 2.43. The SMILES string of the molecule is COc1ccc(CCN2C(=O)c3[nH]nc(-c4cc(F)ccc4O)c3[C@H]2c2ccccc2F)cc1. The number of rotatable bonds is 6. The van der Waals surface area contributed by atoms with Gasteiger partial charge in [0.15, 0.2) is 0 Å². The maximum atomic E-state index is 15.0. The molecule has 3 aromatic carbocycles. The number of phenols is 1. The second kappa shape index (κ2) is 8.62. The molecule has 0 saturated heterocycles. The first-order valence-electron chi connectivity index (χ1n) is 10.7. The Balaban J connectivity index is 1.58. The Kier molecular flexibility index (Phi) is 5.49. The van der Waals surface area contributed by atoms with Crippen LogP contribution in [-0.2, 0) is 6.42 Å². The van der Waals surface area contributed by atoms with Crippen molar-refractivity contribution >= 4 is 5.91 Å². The number of carbonyl (C=O) groups is 1. The second-order valence-corrected chi connectivity index (χ2v) is 8.04. The van der Waals surface area contributed by atoms with E-state index >= 15 is 0 Å². The van der Waals surface area contributed by atoms with E-state index in [-0.39, 0.29) is 28.6 Å². The number of nitrogens with one attached hydrogen (secondary N) is 1. The predicted molar refractivity (Wildman–Crippen MR) is 122 cm³/mol. The molecule has 1 amide bonds. The van der Waals surface area contributed by atoms with Gasteiger partial charge in [0.25, 0.3) is 5.91 Å². The Morgan fingerprint density at radius 3 is 2.59 bits per heavy atom. The van der Waals surface area contributed by atoms with Crippen LogP contribution in [0.25, 0.3) is 11.3 Å². The van der Waals surface area contributed by atoms with Crippen LogP contribution in [0, 0.1) is 11.6 Å². The maximum absolute atomic E-state index is 15.0. The number of ether oxygens (including phenoxy) is 1. The van der Waals surface area contributed by atoms with Crippen molar-refractivity contribution < 1.29 is 23.4 Å². The summed E-state index contributed by atoms with van der Waals surface area (Å²) in [7, 11) is 1.59. The first-order chi connectivity index (χ1) is 16.5. The smallest absolute Gasteiger partial charge is 0.273 e. The molecule has 1 aliphatic heterocycles. The van der Waals surface area contributed by atoms with E-state index in [1.807, 2.05) is 24.3 Å². The van der Waals surface area contributed by atoms with Crippen LogP contribution in [-0.4, -0.2) is 39.8 Å². The summed E-state index contributed by atoms with van der Waals surface area (Å²) in [6.45, 7) is 0.307. The van der Waals surface area contributed by atoms with Gasteiger partial charge in [-0.05, 0) is 48.4 Å². The number of phenolic OH excluding ortho intramolecular Hbond substituents is 1. The molecule has 0 aliphatic carbocycles. The van der Waals surface area contributed by atoms with Crippen molar-refractivity contribution in [3.05, 3.63) is 101 Å². The minimum atomic E-state index is -0.793. The average Bonchev–Trinajstić information content (AvgIpc) is 3.39. The fourth-order valence-electron chi connectivity index (χ4n) is 4.39. The molecule has 4 aromatic rings. The van der Waals surface area contributed by atoms with E-state index in [1.54, 1.807) is 30.2 Å². The van der Waals surface area contributed by atoms with Crippen molar-refractivity contribution in [1.29, 1.82) is 0 Å². The highest BCUT2D eigenvalue weighted by molar-refractivity contribution is 6.00. The molecule has 5 rings (SSSR count). The average molecular weight is 461 g/mol. The maximum Gasteiger partial charge on any atom is 0.273 e. The minimum absolute atomic E-state index is 0.128. The second-order valence-electron chi connectivity index (χ2n) is 8.04. The van der Waals surface area contributed by atoms with Crippen LogP contribution >= 0.6 is 0 Å². The van der Waals surface area contributed by atoms with Crippen LogP contribution in [0.4, 0.5) is 8.78 Å². The largest absolute Gasteiger partial charge is 0.507 e. The number of amides is 1. The molecule has 0 radical (unpaired) electrons. The number of fused-ring (bicyclic) bond motifs is 1. The molecular formula is C26H21F2N3O3. The van der Waals surface area contributed by atoms with E-state index in [0.29, 0.717) is 24.1 Å². The monoisotopic (exact) mass is 461 g/mol. The first kappa shape index (κ1) is 21.6. The van der Waals surface area contributed by atoms with Crippen molar-refractivity contribution in [2.45, 2.75) is 12.5 Å². The Morgan fingerprint density at radius 2 is 1.85 bits per heavy atom. The predicted octanol–water partition coefficient (Wildman–Crippen LogP) is 4.86. The van der Waals surface area contributed by atoms with Crippen molar-refractivity contribution in [2.75, 3.05) is 13.7 Å². The van der Waals surface area contributed by atoms with Crippen LogP contribution in [0.3, 0.4) is 0 Å². The molecule has 0 unspecified atom stereocenters. The number of aromatic amines is 1. The summed E-state index contributed by atoms with van der Waals surface area (Å²) < 4.78 is 34.2. The summed E-state index contributed by atoms with van der Waals surface area (Å²) in [4.78, 5) is 15.0. The lowest BCUT2D eigenvalue weighted by Gasteiger charge is -2.27. The van der Waals surface area contributed by atoms with Crippen molar-refractivity contribution in [1.82, 2.24) is 15.1 Å². The lowest BCUT2D eigenvalue weighted by Crippen LogP contribution is -2.32. The molecular weight excluding hydrogens is 440 g/mol. The third-order valence-corrected chi connectivity index (χ3v) is 6.08. The topological polar surface area (TPSA) is 78.5 Å². The van der Waals surface area contributed by atoms with Gasteiger partial charge in [-0.25, -0.2) is 8.78 Å². The quantitative estimate of drug-likeness (QED) is 0.430. The zero-order chi connectivity index (χ0) is 23.8. The van der Waals surface area contributed by atoms with Crippen LogP contribution < -0.4 is 4.74 Å². The van der Waals surface area contributed by atoms with Gasteiger partial charge in [0.2, 0.25) is 0 Å². The van der Waals surface area contributed by atoms with Gasteiger partial charge in [0.05, 0.1) is 13.2 Å². The van der Waals surface area contributed by atoms with Crippen molar-refractivity contribution in [3.8, 4) is 22.8 Å². The standard InChI is InChI=1S/C26H21F2N3O3/c1-34-17-9-6-15(7-10-17)12-13-31-25(18-4-2-3-5-20(18)28)22-23(29-30-24(22)26(31)33)19-14-16(27)8-11-21(19)32/h2-11,14,25,32H,12-13H2,1H3,(H,29,30)/t25-/m1/s1. The van der Waals surface area contributed by atoms with E-state index < -0.39 is 17.7 Å². The number of halogens is 2. The molecule has 6 nitrogen and oxygen atoms in total. The van der Waals surface area contributed by atoms with E-state index in [4.69, 9.17) is 4.74 Å². The number of benzene rings is 3. The number of aromatic nitrogens is 2. The highest BCUT2D eigenvalue weighted by atomic mass is 19.1. The number of hydrogen-bond donors (Lipinski definition) is 2. The van der Waals surface area contributed by atoms with E-state index in [2.05, 4.69) is 10.2 Å². The number of nitrogens with zero attached hydrogens (tertiary/aromatic N) is 2.